The van der Waals surface area contributed by atoms with Crippen LogP contribution in [0, 0.1) is 6.92 Å². The molecule has 0 radical (unpaired) electrons. The number of benzene rings is 2. The number of hydrogen-bond donors (Lipinski definition) is 1. The topological polar surface area (TPSA) is 87.0 Å². The van der Waals surface area contributed by atoms with Gasteiger partial charge in [0.15, 0.2) is 18.1 Å². The predicted molar refractivity (Wildman–Crippen MR) is 122 cm³/mol. The maximum absolute atomic E-state index is 13.0. The Morgan fingerprint density at radius 3 is 2.66 bits per heavy atom. The molecule has 0 fully saturated rings. The van der Waals surface area contributed by atoms with Crippen LogP contribution in [0.4, 0.5) is 0 Å². The summed E-state index contributed by atoms with van der Waals surface area (Å²) < 4.78 is 22.5. The van der Waals surface area contributed by atoms with Crippen LogP contribution in [-0.4, -0.2) is 19.6 Å². The highest BCUT2D eigenvalue weighted by Crippen LogP contribution is 2.32. The lowest BCUT2D eigenvalue weighted by Crippen LogP contribution is -2.28. The first-order valence-corrected chi connectivity index (χ1v) is 10.7. The molecule has 164 valence electrons. The fourth-order valence-electron chi connectivity index (χ4n) is 3.09. The molecule has 2 aromatic carbocycles. The van der Waals surface area contributed by atoms with Gasteiger partial charge >= 0.3 is 0 Å². The molecule has 2 aromatic heterocycles. The van der Waals surface area contributed by atoms with Gasteiger partial charge in [0.1, 0.15) is 17.1 Å². The molecule has 0 saturated heterocycles. The van der Waals surface area contributed by atoms with Gasteiger partial charge in [-0.25, -0.2) is 0 Å². The highest BCUT2D eigenvalue weighted by molar-refractivity contribution is 7.09. The number of aryl methyl sites for hydroxylation is 1. The van der Waals surface area contributed by atoms with Gasteiger partial charge in [-0.2, -0.15) is 0 Å². The molecule has 8 heteroatoms. The third kappa shape index (κ3) is 4.76. The highest BCUT2D eigenvalue weighted by atomic mass is 32.1. The summed E-state index contributed by atoms with van der Waals surface area (Å²) >= 11 is 1.57. The number of ether oxygens (including phenoxy) is 3. The molecule has 0 aliphatic heterocycles. The zero-order valence-corrected chi connectivity index (χ0v) is 18.4. The zero-order chi connectivity index (χ0) is 22.5. The van der Waals surface area contributed by atoms with E-state index in [0.29, 0.717) is 40.5 Å². The van der Waals surface area contributed by atoms with E-state index in [-0.39, 0.29) is 23.7 Å². The van der Waals surface area contributed by atoms with Crippen molar-refractivity contribution < 1.29 is 23.4 Å². The number of carbonyl (C=O) groups is 1. The largest absolute Gasteiger partial charge is 0.493 e. The second-order valence-electron chi connectivity index (χ2n) is 6.87. The second kappa shape index (κ2) is 9.57. The van der Waals surface area contributed by atoms with Crippen LogP contribution < -0.4 is 25.0 Å². The van der Waals surface area contributed by atoms with Crippen LogP contribution in [0.3, 0.4) is 0 Å². The average molecular weight is 452 g/mol. The Kier molecular flexibility index (Phi) is 6.42. The standard InChI is InChI=1S/C24H21NO6S/c1-15-24(31-20-8-4-3-7-19(20)28-2)23(27)18-10-9-16(12-21(18)30-15)29-14-22(26)25-13-17-6-5-11-32-17/h3-12H,13-14H2,1-2H3,(H,25,26). The molecule has 0 saturated carbocycles. The third-order valence-corrected chi connectivity index (χ3v) is 5.55. The lowest BCUT2D eigenvalue weighted by atomic mass is 10.2. The molecule has 1 N–H and O–H groups in total. The van der Waals surface area contributed by atoms with Crippen LogP contribution >= 0.6 is 11.3 Å². The number of para-hydroxylation sites is 2. The van der Waals surface area contributed by atoms with Gasteiger partial charge in [-0.05, 0) is 42.6 Å². The van der Waals surface area contributed by atoms with Gasteiger partial charge in [-0.1, -0.05) is 18.2 Å². The van der Waals surface area contributed by atoms with Gasteiger partial charge in [0, 0.05) is 10.9 Å². The van der Waals surface area contributed by atoms with Crippen molar-refractivity contribution in [3.63, 3.8) is 0 Å². The van der Waals surface area contributed by atoms with E-state index in [4.69, 9.17) is 18.6 Å². The SMILES string of the molecule is COc1ccccc1Oc1c(C)oc2cc(OCC(=O)NCc3cccs3)ccc2c1=O. The number of thiophene rings is 1. The minimum absolute atomic E-state index is 0.0867. The number of hydrogen-bond acceptors (Lipinski definition) is 7. The zero-order valence-electron chi connectivity index (χ0n) is 17.5. The molecule has 0 unspecified atom stereocenters. The lowest BCUT2D eigenvalue weighted by molar-refractivity contribution is -0.123. The number of rotatable bonds is 8. The summed E-state index contributed by atoms with van der Waals surface area (Å²) in [7, 11) is 1.53. The summed E-state index contributed by atoms with van der Waals surface area (Å²) in [5.41, 5.74) is 0.0336. The van der Waals surface area contributed by atoms with Gasteiger partial charge in [-0.15, -0.1) is 11.3 Å². The number of amides is 1. The van der Waals surface area contributed by atoms with E-state index < -0.39 is 0 Å². The molecule has 0 aliphatic rings. The van der Waals surface area contributed by atoms with Gasteiger partial charge < -0.3 is 23.9 Å². The molecule has 0 aliphatic carbocycles. The van der Waals surface area contributed by atoms with Crippen molar-refractivity contribution in [1.82, 2.24) is 5.32 Å². The molecule has 2 heterocycles. The first kappa shape index (κ1) is 21.5. The number of methoxy groups -OCH3 is 1. The smallest absolute Gasteiger partial charge is 0.258 e. The summed E-state index contributed by atoms with van der Waals surface area (Å²) in [6.07, 6.45) is 0. The van der Waals surface area contributed by atoms with E-state index in [1.165, 1.54) is 7.11 Å². The van der Waals surface area contributed by atoms with Crippen molar-refractivity contribution >= 4 is 28.2 Å². The molecular formula is C24H21NO6S. The number of carbonyl (C=O) groups excluding carboxylic acids is 1. The maximum atomic E-state index is 13.0. The minimum atomic E-state index is -0.310. The van der Waals surface area contributed by atoms with E-state index in [2.05, 4.69) is 5.32 Å². The molecule has 0 atom stereocenters. The summed E-state index contributed by atoms with van der Waals surface area (Å²) in [4.78, 5) is 26.1. The fourth-order valence-corrected chi connectivity index (χ4v) is 3.73. The first-order chi connectivity index (χ1) is 15.5. The fraction of sp³-hybridized carbons (Fsp3) is 0.167. The first-order valence-electron chi connectivity index (χ1n) is 9.85. The maximum Gasteiger partial charge on any atom is 0.258 e. The van der Waals surface area contributed by atoms with Crippen molar-refractivity contribution in [3.05, 3.63) is 80.8 Å². The molecule has 7 nitrogen and oxygen atoms in total. The molecule has 1 amide bonds. The number of nitrogens with one attached hydrogen (secondary N) is 1. The summed E-state index contributed by atoms with van der Waals surface area (Å²) in [6.45, 7) is 1.97. The second-order valence-corrected chi connectivity index (χ2v) is 7.90. The van der Waals surface area contributed by atoms with Crippen LogP contribution in [-0.2, 0) is 11.3 Å². The highest BCUT2D eigenvalue weighted by Gasteiger charge is 2.16. The van der Waals surface area contributed by atoms with Crippen LogP contribution in [0.15, 0.2) is 69.2 Å². The van der Waals surface area contributed by atoms with Crippen molar-refractivity contribution in [2.24, 2.45) is 0 Å². The molecular weight excluding hydrogens is 430 g/mol. The molecule has 32 heavy (non-hydrogen) atoms. The molecule has 4 rings (SSSR count). The third-order valence-electron chi connectivity index (χ3n) is 4.68. The van der Waals surface area contributed by atoms with Crippen LogP contribution in [0.25, 0.3) is 11.0 Å². The van der Waals surface area contributed by atoms with E-state index in [9.17, 15) is 9.59 Å². The van der Waals surface area contributed by atoms with E-state index in [1.54, 1.807) is 54.7 Å². The minimum Gasteiger partial charge on any atom is -0.493 e. The lowest BCUT2D eigenvalue weighted by Gasteiger charge is -2.12. The van der Waals surface area contributed by atoms with Crippen molar-refractivity contribution in [3.8, 4) is 23.0 Å². The van der Waals surface area contributed by atoms with Crippen LogP contribution in [0.5, 0.6) is 23.0 Å². The van der Waals surface area contributed by atoms with Gasteiger partial charge in [0.25, 0.3) is 5.91 Å². The number of fused-ring (bicyclic) bond motifs is 1. The van der Waals surface area contributed by atoms with Gasteiger partial charge in [-0.3, -0.25) is 9.59 Å². The summed E-state index contributed by atoms with van der Waals surface area (Å²) in [6, 6.07) is 15.7. The van der Waals surface area contributed by atoms with Crippen molar-refractivity contribution in [2.75, 3.05) is 13.7 Å². The van der Waals surface area contributed by atoms with Crippen molar-refractivity contribution in [1.29, 1.82) is 0 Å². The Morgan fingerprint density at radius 1 is 1.09 bits per heavy atom. The van der Waals surface area contributed by atoms with Gasteiger partial charge in [0.2, 0.25) is 11.2 Å². The Hall–Kier alpha value is -3.78. The molecule has 4 aromatic rings. The average Bonchev–Trinajstić information content (AvgIpc) is 3.33. The van der Waals surface area contributed by atoms with Gasteiger partial charge in [0.05, 0.1) is 19.0 Å². The monoisotopic (exact) mass is 451 g/mol. The Labute approximate surface area is 188 Å². The van der Waals surface area contributed by atoms with Crippen molar-refractivity contribution in [2.45, 2.75) is 13.5 Å². The Morgan fingerprint density at radius 2 is 1.91 bits per heavy atom. The predicted octanol–water partition coefficient (Wildman–Crippen LogP) is 4.66. The van der Waals surface area contributed by atoms with E-state index in [1.807, 2.05) is 23.6 Å². The molecule has 0 bridgehead atoms. The Balaban J connectivity index is 1.49. The van der Waals surface area contributed by atoms with Crippen LogP contribution in [0.1, 0.15) is 10.6 Å². The Bertz CT molecular complexity index is 1300. The van der Waals surface area contributed by atoms with Crippen LogP contribution in [0.2, 0.25) is 0 Å². The normalized spacial score (nSPS) is 10.7. The van der Waals surface area contributed by atoms with E-state index in [0.717, 1.165) is 4.88 Å². The molecule has 0 spiro atoms. The summed E-state index contributed by atoms with van der Waals surface area (Å²) in [5.74, 6) is 1.51. The van der Waals surface area contributed by atoms with E-state index >= 15 is 0 Å². The quantitative estimate of drug-likeness (QED) is 0.419. The summed E-state index contributed by atoms with van der Waals surface area (Å²) in [5, 5.41) is 5.09.